The smallest absolute Gasteiger partial charge is 0.251 e. The zero-order valence-corrected chi connectivity index (χ0v) is 17.1. The van der Waals surface area contributed by atoms with Crippen LogP contribution in [0.1, 0.15) is 19.3 Å². The van der Waals surface area contributed by atoms with Gasteiger partial charge in [-0.3, -0.25) is 9.36 Å². The molecule has 0 amide bonds. The number of benzene rings is 1. The largest absolute Gasteiger partial charge is 0.314 e. The molecule has 1 saturated heterocycles. The zero-order valence-electron chi connectivity index (χ0n) is 16.3. The van der Waals surface area contributed by atoms with E-state index in [9.17, 15) is 4.79 Å². The normalized spacial score (nSPS) is 15.2. The van der Waals surface area contributed by atoms with E-state index in [0.717, 1.165) is 54.0 Å². The van der Waals surface area contributed by atoms with Crippen LogP contribution >= 0.6 is 11.3 Å². The molecule has 1 aliphatic rings. The first kappa shape index (κ1) is 18.3. The Morgan fingerprint density at radius 3 is 2.62 bits per heavy atom. The number of aromatic nitrogens is 3. The highest BCUT2D eigenvalue weighted by atomic mass is 32.1. The summed E-state index contributed by atoms with van der Waals surface area (Å²) in [6, 6.07) is 12.1. The molecule has 5 rings (SSSR count). The highest BCUT2D eigenvalue weighted by molar-refractivity contribution is 7.08. The van der Waals surface area contributed by atoms with E-state index in [2.05, 4.69) is 49.5 Å². The second-order valence-electron chi connectivity index (χ2n) is 7.65. The monoisotopic (exact) mass is 404 g/mol. The van der Waals surface area contributed by atoms with Gasteiger partial charge in [-0.05, 0) is 66.7 Å². The van der Waals surface area contributed by atoms with Gasteiger partial charge in [0.05, 0.1) is 16.7 Å². The number of nitrogens with zero attached hydrogens (tertiary/aromatic N) is 4. The number of thiophene rings is 1. The summed E-state index contributed by atoms with van der Waals surface area (Å²) < 4.78 is 3.91. The van der Waals surface area contributed by atoms with Gasteiger partial charge in [-0.15, -0.1) is 0 Å². The molecule has 1 aromatic carbocycles. The fourth-order valence-electron chi connectivity index (χ4n) is 4.10. The molecule has 0 radical (unpaired) electrons. The van der Waals surface area contributed by atoms with Crippen molar-refractivity contribution < 1.29 is 0 Å². The van der Waals surface area contributed by atoms with Crippen LogP contribution in [0.15, 0.2) is 64.5 Å². The first-order valence-corrected chi connectivity index (χ1v) is 11.2. The number of fused-ring (bicyclic) bond motifs is 1. The number of imidazole rings is 1. The van der Waals surface area contributed by atoms with Gasteiger partial charge < -0.3 is 9.47 Å². The molecule has 1 fully saturated rings. The molecule has 1 aliphatic heterocycles. The molecule has 0 aliphatic carbocycles. The van der Waals surface area contributed by atoms with E-state index in [0.29, 0.717) is 0 Å². The molecule has 29 heavy (non-hydrogen) atoms. The quantitative estimate of drug-likeness (QED) is 0.495. The van der Waals surface area contributed by atoms with Crippen LogP contribution in [0.3, 0.4) is 0 Å². The summed E-state index contributed by atoms with van der Waals surface area (Å²) in [5.41, 5.74) is 5.15. The van der Waals surface area contributed by atoms with E-state index in [4.69, 9.17) is 0 Å². The van der Waals surface area contributed by atoms with E-state index < -0.39 is 0 Å². The molecule has 3 aromatic heterocycles. The van der Waals surface area contributed by atoms with Crippen LogP contribution in [0.5, 0.6) is 0 Å². The van der Waals surface area contributed by atoms with E-state index in [1.165, 1.54) is 19.3 Å². The minimum Gasteiger partial charge on any atom is -0.314 e. The second kappa shape index (κ2) is 7.97. The van der Waals surface area contributed by atoms with Crippen LogP contribution in [0.25, 0.3) is 27.8 Å². The lowest BCUT2D eigenvalue weighted by Gasteiger charge is -2.26. The number of likely N-dealkylation sites (tertiary alicyclic amines) is 1. The first-order valence-electron chi connectivity index (χ1n) is 10.2. The van der Waals surface area contributed by atoms with Gasteiger partial charge in [0.15, 0.2) is 0 Å². The van der Waals surface area contributed by atoms with Crippen molar-refractivity contribution in [2.45, 2.75) is 25.8 Å². The summed E-state index contributed by atoms with van der Waals surface area (Å²) in [5.74, 6) is 0. The molecular weight excluding hydrogens is 380 g/mol. The molecule has 6 heteroatoms. The molecule has 0 atom stereocenters. The highest BCUT2D eigenvalue weighted by Gasteiger charge is 2.11. The van der Waals surface area contributed by atoms with Crippen molar-refractivity contribution >= 4 is 22.4 Å². The Bertz CT molecular complexity index is 1170. The van der Waals surface area contributed by atoms with E-state index in [-0.39, 0.29) is 5.56 Å². The van der Waals surface area contributed by atoms with Gasteiger partial charge in [0.25, 0.3) is 5.56 Å². The molecule has 0 bridgehead atoms. The summed E-state index contributed by atoms with van der Waals surface area (Å²) in [7, 11) is 0. The van der Waals surface area contributed by atoms with Crippen LogP contribution in [0.4, 0.5) is 0 Å². The van der Waals surface area contributed by atoms with Gasteiger partial charge >= 0.3 is 0 Å². The van der Waals surface area contributed by atoms with Crippen LogP contribution in [-0.4, -0.2) is 38.7 Å². The molecule has 0 unspecified atom stereocenters. The first-order chi connectivity index (χ1) is 14.3. The zero-order chi connectivity index (χ0) is 19.6. The molecule has 0 N–H and O–H groups in total. The van der Waals surface area contributed by atoms with E-state index >= 15 is 0 Å². The number of rotatable bonds is 5. The average molecular weight is 405 g/mol. The summed E-state index contributed by atoms with van der Waals surface area (Å²) in [6.45, 7) is 4.02. The summed E-state index contributed by atoms with van der Waals surface area (Å²) in [6.07, 6.45) is 7.67. The van der Waals surface area contributed by atoms with Gasteiger partial charge in [0, 0.05) is 30.7 Å². The fourth-order valence-corrected chi connectivity index (χ4v) is 4.72. The maximum atomic E-state index is 12.6. The lowest BCUT2D eigenvalue weighted by Crippen LogP contribution is -2.34. The van der Waals surface area contributed by atoms with Gasteiger partial charge in [-0.2, -0.15) is 11.3 Å². The predicted molar refractivity (Wildman–Crippen MR) is 119 cm³/mol. The Labute approximate surface area is 173 Å². The molecule has 0 spiro atoms. The van der Waals surface area contributed by atoms with Crippen molar-refractivity contribution in [2.24, 2.45) is 0 Å². The number of hydrogen-bond acceptors (Lipinski definition) is 4. The van der Waals surface area contributed by atoms with Crippen molar-refractivity contribution in [3.05, 3.63) is 70.0 Å². The van der Waals surface area contributed by atoms with Gasteiger partial charge in [0.2, 0.25) is 0 Å². The maximum Gasteiger partial charge on any atom is 0.251 e. The Morgan fingerprint density at radius 1 is 0.966 bits per heavy atom. The Hall–Kier alpha value is -2.70. The Morgan fingerprint density at radius 2 is 1.83 bits per heavy atom. The summed E-state index contributed by atoms with van der Waals surface area (Å²) in [5, 5.41) is 4.17. The summed E-state index contributed by atoms with van der Waals surface area (Å²) in [4.78, 5) is 19.7. The molecule has 4 aromatic rings. The van der Waals surface area contributed by atoms with Gasteiger partial charge in [0.1, 0.15) is 6.33 Å². The van der Waals surface area contributed by atoms with Crippen LogP contribution in [0, 0.1) is 0 Å². The van der Waals surface area contributed by atoms with Crippen LogP contribution in [0.2, 0.25) is 0 Å². The Kier molecular flexibility index (Phi) is 5.04. The lowest BCUT2D eigenvalue weighted by atomic mass is 10.1. The number of hydrogen-bond donors (Lipinski definition) is 0. The number of piperidine rings is 1. The van der Waals surface area contributed by atoms with E-state index in [1.807, 2.05) is 23.2 Å². The van der Waals surface area contributed by atoms with Crippen molar-refractivity contribution in [3.8, 4) is 16.8 Å². The second-order valence-corrected chi connectivity index (χ2v) is 8.43. The van der Waals surface area contributed by atoms with Crippen molar-refractivity contribution in [2.75, 3.05) is 19.6 Å². The van der Waals surface area contributed by atoms with Crippen molar-refractivity contribution in [3.63, 3.8) is 0 Å². The van der Waals surface area contributed by atoms with Crippen LogP contribution in [-0.2, 0) is 6.54 Å². The average Bonchev–Trinajstić information content (AvgIpc) is 3.42. The van der Waals surface area contributed by atoms with Crippen molar-refractivity contribution in [1.29, 1.82) is 0 Å². The lowest BCUT2D eigenvalue weighted by molar-refractivity contribution is 0.220. The molecule has 148 valence electrons. The van der Waals surface area contributed by atoms with Crippen molar-refractivity contribution in [1.82, 2.24) is 19.0 Å². The molecule has 5 nitrogen and oxygen atoms in total. The molecule has 4 heterocycles. The minimum atomic E-state index is 0.0587. The van der Waals surface area contributed by atoms with Gasteiger partial charge in [-0.25, -0.2) is 4.98 Å². The predicted octanol–water partition coefficient (Wildman–Crippen LogP) is 4.40. The highest BCUT2D eigenvalue weighted by Crippen LogP contribution is 2.25. The minimum absolute atomic E-state index is 0.0587. The maximum absolute atomic E-state index is 12.6. The van der Waals surface area contributed by atoms with E-state index in [1.54, 1.807) is 17.4 Å². The third-order valence-electron chi connectivity index (χ3n) is 5.77. The van der Waals surface area contributed by atoms with Gasteiger partial charge in [-0.1, -0.05) is 12.5 Å². The SMILES string of the molecule is O=c1cc(-c2ccc3c(c2)ncn3-c2ccsc2)ccn1CCN1CCCCC1. The fraction of sp³-hybridized carbons (Fsp3) is 0.304. The third kappa shape index (κ3) is 3.78. The molecular formula is C23H24N4OS. The topological polar surface area (TPSA) is 43.1 Å². The Balaban J connectivity index is 1.37. The molecule has 0 saturated carbocycles. The third-order valence-corrected chi connectivity index (χ3v) is 6.44. The van der Waals surface area contributed by atoms with Crippen LogP contribution < -0.4 is 5.56 Å². The number of pyridine rings is 1. The summed E-state index contributed by atoms with van der Waals surface area (Å²) >= 11 is 1.67. The standard InChI is InChI=1S/C23H24N4OS/c28-23-15-19(6-10-26(23)12-11-25-8-2-1-3-9-25)18-4-5-22-21(14-18)24-17-27(22)20-7-13-29-16-20/h4-7,10,13-17H,1-3,8-9,11-12H2.